The van der Waals surface area contributed by atoms with E-state index in [1.54, 1.807) is 6.07 Å². The highest BCUT2D eigenvalue weighted by Crippen LogP contribution is 2.28. The molecule has 32 heavy (non-hydrogen) atoms. The molecule has 0 radical (unpaired) electrons. The van der Waals surface area contributed by atoms with Gasteiger partial charge in [-0.1, -0.05) is 54.1 Å². The fourth-order valence-corrected chi connectivity index (χ4v) is 4.97. The summed E-state index contributed by atoms with van der Waals surface area (Å²) in [6.45, 7) is 1.73. The molecule has 0 aliphatic carbocycles. The molecule has 3 aromatic carbocycles. The maximum absolute atomic E-state index is 13.4. The van der Waals surface area contributed by atoms with E-state index in [1.165, 1.54) is 29.6 Å². The van der Waals surface area contributed by atoms with E-state index in [4.69, 9.17) is 16.3 Å². The Morgan fingerprint density at radius 1 is 1.03 bits per heavy atom. The second-order valence-corrected chi connectivity index (χ2v) is 9.63. The number of ether oxygens (including phenoxy) is 1. The summed E-state index contributed by atoms with van der Waals surface area (Å²) >= 11 is 6.15. The van der Waals surface area contributed by atoms with E-state index >= 15 is 0 Å². The normalized spacial score (nSPS) is 11.4. The van der Waals surface area contributed by atoms with E-state index in [1.807, 2.05) is 55.5 Å². The molecule has 1 N–H and O–H groups in total. The van der Waals surface area contributed by atoms with Crippen LogP contribution in [-0.4, -0.2) is 38.8 Å². The maximum atomic E-state index is 13.4. The molecule has 8 heteroatoms. The molecule has 3 rings (SSSR count). The minimum atomic E-state index is -3.98. The van der Waals surface area contributed by atoms with E-state index in [0.717, 1.165) is 11.1 Å². The fraction of sp³-hybridized carbons (Fsp3) is 0.208. The molecule has 3 aromatic rings. The summed E-state index contributed by atoms with van der Waals surface area (Å²) in [4.78, 5) is 12.7. The van der Waals surface area contributed by atoms with Gasteiger partial charge in [0.2, 0.25) is 15.9 Å². The molecule has 0 fully saturated rings. The molecule has 1 amide bonds. The second-order valence-electron chi connectivity index (χ2n) is 7.29. The molecular weight excluding hydrogens is 448 g/mol. The quantitative estimate of drug-likeness (QED) is 0.496. The van der Waals surface area contributed by atoms with Crippen molar-refractivity contribution < 1.29 is 17.9 Å². The van der Waals surface area contributed by atoms with Crippen LogP contribution < -0.4 is 10.1 Å². The molecule has 0 bridgehead atoms. The monoisotopic (exact) mass is 472 g/mol. The van der Waals surface area contributed by atoms with Crippen molar-refractivity contribution in [1.82, 2.24) is 4.31 Å². The Labute approximate surface area is 193 Å². The Hall–Kier alpha value is -2.87. The van der Waals surface area contributed by atoms with E-state index < -0.39 is 15.9 Å². The SMILES string of the molecule is COc1ccc(S(=O)(=O)N(CCc2ccccc2)CC(=O)Nc2cccc(C)c2)cc1Cl. The van der Waals surface area contributed by atoms with E-state index in [0.29, 0.717) is 17.9 Å². The van der Waals surface area contributed by atoms with Crippen LogP contribution in [-0.2, 0) is 21.2 Å². The zero-order chi connectivity index (χ0) is 23.1. The molecule has 0 saturated carbocycles. The third kappa shape index (κ3) is 6.09. The third-order valence-corrected chi connectivity index (χ3v) is 7.01. The number of carbonyl (C=O) groups excluding carboxylic acids is 1. The summed E-state index contributed by atoms with van der Waals surface area (Å²) in [5, 5.41) is 2.95. The number of halogens is 1. The van der Waals surface area contributed by atoms with Gasteiger partial charge in [0.05, 0.1) is 23.6 Å². The first-order valence-electron chi connectivity index (χ1n) is 10.0. The number of carbonyl (C=O) groups is 1. The predicted molar refractivity (Wildman–Crippen MR) is 127 cm³/mol. The fourth-order valence-electron chi connectivity index (χ4n) is 3.22. The first kappa shape index (κ1) is 23.8. The van der Waals surface area contributed by atoms with E-state index in [9.17, 15) is 13.2 Å². The number of hydrogen-bond donors (Lipinski definition) is 1. The van der Waals surface area contributed by atoms with Crippen LogP contribution in [0.4, 0.5) is 5.69 Å². The highest BCUT2D eigenvalue weighted by molar-refractivity contribution is 7.89. The Morgan fingerprint density at radius 2 is 1.78 bits per heavy atom. The minimum absolute atomic E-state index is 0.000262. The van der Waals surface area contributed by atoms with Gasteiger partial charge in [0.1, 0.15) is 5.75 Å². The molecular formula is C24H25ClN2O4S. The molecule has 0 atom stereocenters. The van der Waals surface area contributed by atoms with Crippen LogP contribution in [0.2, 0.25) is 5.02 Å². The molecule has 0 saturated heterocycles. The summed E-state index contributed by atoms with van der Waals surface area (Å²) < 4.78 is 33.1. The number of rotatable bonds is 9. The van der Waals surface area contributed by atoms with Crippen LogP contribution in [0, 0.1) is 6.92 Å². The molecule has 168 valence electrons. The number of anilines is 1. The number of nitrogens with zero attached hydrogens (tertiary/aromatic N) is 1. The number of hydrogen-bond acceptors (Lipinski definition) is 4. The van der Waals surface area contributed by atoms with Crippen LogP contribution >= 0.6 is 11.6 Å². The third-order valence-electron chi connectivity index (χ3n) is 4.88. The van der Waals surface area contributed by atoms with Crippen molar-refractivity contribution >= 4 is 33.2 Å². The zero-order valence-corrected chi connectivity index (χ0v) is 19.5. The average Bonchev–Trinajstić information content (AvgIpc) is 2.77. The number of nitrogens with one attached hydrogen (secondary N) is 1. The Bertz CT molecular complexity index is 1180. The van der Waals surface area contributed by atoms with Gasteiger partial charge in [-0.2, -0.15) is 4.31 Å². The van der Waals surface area contributed by atoms with Gasteiger partial charge in [-0.25, -0.2) is 8.42 Å². The van der Waals surface area contributed by atoms with Gasteiger partial charge in [0.15, 0.2) is 0 Å². The summed E-state index contributed by atoms with van der Waals surface area (Å²) in [6.07, 6.45) is 0.460. The van der Waals surface area contributed by atoms with Crippen molar-refractivity contribution in [1.29, 1.82) is 0 Å². The minimum Gasteiger partial charge on any atom is -0.495 e. The Morgan fingerprint density at radius 3 is 2.44 bits per heavy atom. The molecule has 6 nitrogen and oxygen atoms in total. The summed E-state index contributed by atoms with van der Waals surface area (Å²) in [6, 6.07) is 21.1. The van der Waals surface area contributed by atoms with Gasteiger partial charge in [-0.3, -0.25) is 4.79 Å². The molecule has 0 aromatic heterocycles. The second kappa shape index (κ2) is 10.6. The van der Waals surface area contributed by atoms with Crippen molar-refractivity contribution in [2.24, 2.45) is 0 Å². The highest BCUT2D eigenvalue weighted by Gasteiger charge is 2.27. The number of aryl methyl sites for hydroxylation is 1. The predicted octanol–water partition coefficient (Wildman–Crippen LogP) is 4.53. The van der Waals surface area contributed by atoms with Gasteiger partial charge in [-0.15, -0.1) is 0 Å². The first-order valence-corrected chi connectivity index (χ1v) is 11.9. The standard InChI is InChI=1S/C24H25ClN2O4S/c1-18-7-6-10-20(15-18)26-24(28)17-27(14-13-19-8-4-3-5-9-19)32(29,30)21-11-12-23(31-2)22(25)16-21/h3-12,15-16H,13-14,17H2,1-2H3,(H,26,28). The summed E-state index contributed by atoms with van der Waals surface area (Å²) in [5.74, 6) is -0.0505. The number of methoxy groups -OCH3 is 1. The van der Waals surface area contributed by atoms with Crippen LogP contribution in [0.5, 0.6) is 5.75 Å². The molecule has 0 aliphatic heterocycles. The lowest BCUT2D eigenvalue weighted by Gasteiger charge is -2.22. The van der Waals surface area contributed by atoms with Crippen LogP contribution in [0.1, 0.15) is 11.1 Å². The molecule has 0 spiro atoms. The van der Waals surface area contributed by atoms with Gasteiger partial charge < -0.3 is 10.1 Å². The summed E-state index contributed by atoms with van der Waals surface area (Å²) in [7, 11) is -2.53. The topological polar surface area (TPSA) is 75.7 Å². The lowest BCUT2D eigenvalue weighted by atomic mass is 10.1. The van der Waals surface area contributed by atoms with Crippen molar-refractivity contribution in [2.75, 3.05) is 25.5 Å². The number of benzene rings is 3. The van der Waals surface area contributed by atoms with Gasteiger partial charge in [0, 0.05) is 12.2 Å². The van der Waals surface area contributed by atoms with Crippen molar-refractivity contribution in [2.45, 2.75) is 18.2 Å². The van der Waals surface area contributed by atoms with Crippen LogP contribution in [0.3, 0.4) is 0 Å². The molecule has 0 unspecified atom stereocenters. The van der Waals surface area contributed by atoms with E-state index in [2.05, 4.69) is 5.32 Å². The Kier molecular flexibility index (Phi) is 7.90. The van der Waals surface area contributed by atoms with Crippen LogP contribution in [0.25, 0.3) is 0 Å². The lowest BCUT2D eigenvalue weighted by Crippen LogP contribution is -2.39. The number of sulfonamides is 1. The zero-order valence-electron chi connectivity index (χ0n) is 17.9. The van der Waals surface area contributed by atoms with Gasteiger partial charge >= 0.3 is 0 Å². The van der Waals surface area contributed by atoms with Gasteiger partial charge in [0.25, 0.3) is 0 Å². The van der Waals surface area contributed by atoms with E-state index in [-0.39, 0.29) is 23.0 Å². The average molecular weight is 473 g/mol. The molecule has 0 heterocycles. The lowest BCUT2D eigenvalue weighted by molar-refractivity contribution is -0.116. The maximum Gasteiger partial charge on any atom is 0.243 e. The van der Waals surface area contributed by atoms with Crippen molar-refractivity contribution in [3.05, 3.63) is 88.9 Å². The first-order chi connectivity index (χ1) is 15.3. The summed E-state index contributed by atoms with van der Waals surface area (Å²) in [5.41, 5.74) is 2.58. The van der Waals surface area contributed by atoms with Crippen molar-refractivity contribution in [3.8, 4) is 5.75 Å². The largest absolute Gasteiger partial charge is 0.495 e. The Balaban J connectivity index is 1.85. The smallest absolute Gasteiger partial charge is 0.243 e. The molecule has 0 aliphatic rings. The van der Waals surface area contributed by atoms with Gasteiger partial charge in [-0.05, 0) is 54.8 Å². The van der Waals surface area contributed by atoms with Crippen LogP contribution in [0.15, 0.2) is 77.7 Å². The highest BCUT2D eigenvalue weighted by atomic mass is 35.5. The number of amides is 1. The van der Waals surface area contributed by atoms with Crippen molar-refractivity contribution in [3.63, 3.8) is 0 Å².